The first-order valence-electron chi connectivity index (χ1n) is 7.61. The number of carboxylic acids is 1. The fourth-order valence-electron chi connectivity index (χ4n) is 2.83. The molecule has 3 fully saturated rings. The molecule has 0 aromatic rings. The standard InChI is InChI=1S/C12H18F3NO.C2HF3O2/c13-12(14,15)11(4-5-11)8-17-9-1-6-16-7-10(9)2-3-10;3-2(4,5)1(6)7/h9,16H,1-8H2;(H,6,7). The van der Waals surface area contributed by atoms with Crippen LogP contribution in [0.3, 0.4) is 0 Å². The van der Waals surface area contributed by atoms with Crippen molar-refractivity contribution in [2.75, 3.05) is 19.7 Å². The quantitative estimate of drug-likeness (QED) is 0.757. The van der Waals surface area contributed by atoms with E-state index in [9.17, 15) is 26.3 Å². The van der Waals surface area contributed by atoms with Crippen molar-refractivity contribution in [2.24, 2.45) is 10.8 Å². The van der Waals surface area contributed by atoms with Crippen LogP contribution in [0.2, 0.25) is 0 Å². The lowest BCUT2D eigenvalue weighted by Gasteiger charge is -2.33. The van der Waals surface area contributed by atoms with Crippen LogP contribution in [0.4, 0.5) is 26.3 Å². The summed E-state index contributed by atoms with van der Waals surface area (Å²) in [4.78, 5) is 8.90. The third-order valence-corrected chi connectivity index (χ3v) is 4.89. The van der Waals surface area contributed by atoms with Crippen molar-refractivity contribution >= 4 is 5.97 Å². The summed E-state index contributed by atoms with van der Waals surface area (Å²) < 4.78 is 75.7. The summed E-state index contributed by atoms with van der Waals surface area (Å²) in [7, 11) is 0. The number of carbonyl (C=O) groups is 1. The fraction of sp³-hybridized carbons (Fsp3) is 0.929. The Labute approximate surface area is 134 Å². The van der Waals surface area contributed by atoms with Crippen LogP contribution in [0.25, 0.3) is 0 Å². The van der Waals surface area contributed by atoms with Crippen LogP contribution < -0.4 is 5.32 Å². The van der Waals surface area contributed by atoms with Crippen molar-refractivity contribution in [3.63, 3.8) is 0 Å². The van der Waals surface area contributed by atoms with Gasteiger partial charge >= 0.3 is 18.3 Å². The van der Waals surface area contributed by atoms with Crippen LogP contribution in [0.5, 0.6) is 0 Å². The van der Waals surface area contributed by atoms with Gasteiger partial charge in [0, 0.05) is 12.0 Å². The topological polar surface area (TPSA) is 58.6 Å². The van der Waals surface area contributed by atoms with E-state index in [0.717, 1.165) is 32.4 Å². The molecule has 2 aliphatic carbocycles. The number of alkyl halides is 6. The highest BCUT2D eigenvalue weighted by atomic mass is 19.4. The first kappa shape index (κ1) is 19.3. The molecule has 24 heavy (non-hydrogen) atoms. The van der Waals surface area contributed by atoms with E-state index in [2.05, 4.69) is 5.32 Å². The highest BCUT2D eigenvalue weighted by molar-refractivity contribution is 5.73. The van der Waals surface area contributed by atoms with Gasteiger partial charge in [0.25, 0.3) is 0 Å². The molecule has 140 valence electrons. The summed E-state index contributed by atoms with van der Waals surface area (Å²) in [5.74, 6) is -2.76. The lowest BCUT2D eigenvalue weighted by atomic mass is 9.92. The molecule has 3 rings (SSSR count). The summed E-state index contributed by atoms with van der Waals surface area (Å²) >= 11 is 0. The number of piperidine rings is 1. The van der Waals surface area contributed by atoms with Crippen LogP contribution in [0, 0.1) is 10.8 Å². The molecule has 2 saturated carbocycles. The van der Waals surface area contributed by atoms with Crippen molar-refractivity contribution in [3.8, 4) is 0 Å². The van der Waals surface area contributed by atoms with Gasteiger partial charge in [0.05, 0.1) is 18.1 Å². The smallest absolute Gasteiger partial charge is 0.475 e. The van der Waals surface area contributed by atoms with E-state index in [1.165, 1.54) is 0 Å². The van der Waals surface area contributed by atoms with Crippen LogP contribution in [-0.4, -0.2) is 49.2 Å². The molecule has 0 bridgehead atoms. The third kappa shape index (κ3) is 4.33. The maximum Gasteiger partial charge on any atom is 0.490 e. The van der Waals surface area contributed by atoms with Gasteiger partial charge in [-0.25, -0.2) is 4.79 Å². The van der Waals surface area contributed by atoms with Crippen molar-refractivity contribution < 1.29 is 41.0 Å². The van der Waals surface area contributed by atoms with Crippen LogP contribution in [-0.2, 0) is 9.53 Å². The second-order valence-corrected chi connectivity index (χ2v) is 6.71. The molecule has 1 atom stereocenters. The van der Waals surface area contributed by atoms with E-state index in [4.69, 9.17) is 14.6 Å². The summed E-state index contributed by atoms with van der Waals surface area (Å²) in [5.41, 5.74) is -1.34. The molecule has 1 heterocycles. The average molecular weight is 363 g/mol. The van der Waals surface area contributed by atoms with E-state index in [-0.39, 0.29) is 31.0 Å². The van der Waals surface area contributed by atoms with Gasteiger partial charge in [-0.1, -0.05) is 0 Å². The highest BCUT2D eigenvalue weighted by Gasteiger charge is 2.64. The van der Waals surface area contributed by atoms with Gasteiger partial charge in [0.1, 0.15) is 0 Å². The van der Waals surface area contributed by atoms with Gasteiger partial charge in [-0.2, -0.15) is 26.3 Å². The Balaban J connectivity index is 0.000000256. The lowest BCUT2D eigenvalue weighted by molar-refractivity contribution is -0.209. The minimum absolute atomic E-state index is 0.0450. The predicted molar refractivity (Wildman–Crippen MR) is 70.3 cm³/mol. The first-order chi connectivity index (χ1) is 10.9. The van der Waals surface area contributed by atoms with Gasteiger partial charge in [-0.15, -0.1) is 0 Å². The lowest BCUT2D eigenvalue weighted by Crippen LogP contribution is -2.44. The molecule has 0 radical (unpaired) electrons. The van der Waals surface area contributed by atoms with Gasteiger partial charge in [-0.05, 0) is 38.6 Å². The summed E-state index contributed by atoms with van der Waals surface area (Å²) in [6, 6.07) is 0. The molecule has 0 aromatic heterocycles. The Bertz CT molecular complexity index is 468. The minimum atomic E-state index is -5.08. The Morgan fingerprint density at radius 2 is 1.67 bits per heavy atom. The van der Waals surface area contributed by atoms with Crippen molar-refractivity contribution in [1.29, 1.82) is 0 Å². The summed E-state index contributed by atoms with van der Waals surface area (Å²) in [5, 5.41) is 10.4. The van der Waals surface area contributed by atoms with Gasteiger partial charge in [0.15, 0.2) is 0 Å². The Morgan fingerprint density at radius 1 is 1.12 bits per heavy atom. The Kier molecular flexibility index (Phi) is 5.11. The maximum absolute atomic E-state index is 12.8. The SMILES string of the molecule is FC(F)(F)C1(COC2CCNCC23CC3)CC1.O=C(O)C(F)(F)F. The number of rotatable bonds is 3. The number of carboxylic acid groups (broad SMARTS) is 1. The van der Waals surface area contributed by atoms with Gasteiger partial charge in [0.2, 0.25) is 0 Å². The third-order valence-electron chi connectivity index (χ3n) is 4.89. The normalized spacial score (nSPS) is 27.2. The summed E-state index contributed by atoms with van der Waals surface area (Å²) in [6.07, 6.45) is -5.58. The molecule has 0 amide bonds. The van der Waals surface area contributed by atoms with Crippen molar-refractivity contribution in [1.82, 2.24) is 5.32 Å². The first-order valence-corrected chi connectivity index (χ1v) is 7.61. The molecular formula is C14H19F6NO3. The summed E-state index contributed by atoms with van der Waals surface area (Å²) in [6.45, 7) is 1.66. The number of nitrogens with one attached hydrogen (secondary N) is 1. The zero-order chi connectivity index (χ0) is 18.2. The Hall–Kier alpha value is -1.03. The molecule has 4 nitrogen and oxygen atoms in total. The molecule has 1 saturated heterocycles. The van der Waals surface area contributed by atoms with Crippen molar-refractivity contribution in [2.45, 2.75) is 50.6 Å². The maximum atomic E-state index is 12.8. The van der Waals surface area contributed by atoms with Crippen LogP contribution >= 0.6 is 0 Å². The van der Waals surface area contributed by atoms with E-state index in [1.54, 1.807) is 0 Å². The van der Waals surface area contributed by atoms with Gasteiger partial charge < -0.3 is 15.2 Å². The molecule has 3 aliphatic rings. The number of aliphatic carboxylic acids is 1. The predicted octanol–water partition coefficient (Wildman–Crippen LogP) is 3.12. The largest absolute Gasteiger partial charge is 0.490 e. The molecule has 1 spiro atoms. The molecule has 1 unspecified atom stereocenters. The van der Waals surface area contributed by atoms with E-state index in [0.29, 0.717) is 0 Å². The molecule has 10 heteroatoms. The minimum Gasteiger partial charge on any atom is -0.475 e. The Morgan fingerprint density at radius 3 is 2.04 bits per heavy atom. The average Bonchev–Trinajstić information content (AvgIpc) is 3.33. The number of hydrogen-bond donors (Lipinski definition) is 2. The fourth-order valence-corrected chi connectivity index (χ4v) is 2.83. The molecule has 1 aliphatic heterocycles. The second-order valence-electron chi connectivity index (χ2n) is 6.71. The molecule has 2 N–H and O–H groups in total. The zero-order valence-corrected chi connectivity index (χ0v) is 12.8. The second kappa shape index (κ2) is 6.36. The van der Waals surface area contributed by atoms with Crippen LogP contribution in [0.1, 0.15) is 32.1 Å². The highest BCUT2D eigenvalue weighted by Crippen LogP contribution is 2.59. The van der Waals surface area contributed by atoms with E-state index >= 15 is 0 Å². The van der Waals surface area contributed by atoms with Crippen molar-refractivity contribution in [3.05, 3.63) is 0 Å². The number of halogens is 6. The van der Waals surface area contributed by atoms with E-state index in [1.807, 2.05) is 0 Å². The number of hydrogen-bond acceptors (Lipinski definition) is 3. The molecule has 0 aromatic carbocycles. The zero-order valence-electron chi connectivity index (χ0n) is 12.8. The van der Waals surface area contributed by atoms with Gasteiger partial charge in [-0.3, -0.25) is 0 Å². The number of ether oxygens (including phenoxy) is 1. The van der Waals surface area contributed by atoms with Crippen LogP contribution in [0.15, 0.2) is 0 Å². The van der Waals surface area contributed by atoms with E-state index < -0.39 is 23.7 Å². The molecular weight excluding hydrogens is 344 g/mol. The monoisotopic (exact) mass is 363 g/mol.